The minimum atomic E-state index is -0.500. The van der Waals surface area contributed by atoms with Crippen LogP contribution in [0.3, 0.4) is 0 Å². The number of nitro benzene ring substituents is 1. The Morgan fingerprint density at radius 3 is 2.50 bits per heavy atom. The third-order valence-electron chi connectivity index (χ3n) is 3.79. The first-order valence-corrected chi connectivity index (χ1v) is 8.43. The van der Waals surface area contributed by atoms with Crippen molar-refractivity contribution in [2.45, 2.75) is 6.54 Å². The van der Waals surface area contributed by atoms with E-state index in [0.717, 1.165) is 16.7 Å². The van der Waals surface area contributed by atoms with Crippen LogP contribution in [0.1, 0.15) is 11.1 Å². The quantitative estimate of drug-likeness (QED) is 0.451. The van der Waals surface area contributed by atoms with Gasteiger partial charge in [-0.1, -0.05) is 30.3 Å². The van der Waals surface area contributed by atoms with Gasteiger partial charge in [0.1, 0.15) is 5.75 Å². The Bertz CT molecular complexity index is 908. The molecule has 0 saturated carbocycles. The van der Waals surface area contributed by atoms with Gasteiger partial charge in [0.2, 0.25) is 0 Å². The number of ether oxygens (including phenoxy) is 1. The highest BCUT2D eigenvalue weighted by Crippen LogP contribution is 2.34. The Morgan fingerprint density at radius 2 is 1.85 bits per heavy atom. The molecule has 26 heavy (non-hydrogen) atoms. The maximum atomic E-state index is 12.6. The molecule has 132 valence electrons. The van der Waals surface area contributed by atoms with Gasteiger partial charge in [0.15, 0.2) is 0 Å². The Balaban J connectivity index is 1.80. The van der Waals surface area contributed by atoms with E-state index >= 15 is 0 Å². The highest BCUT2D eigenvalue weighted by Gasteiger charge is 2.35. The highest BCUT2D eigenvalue weighted by molar-refractivity contribution is 8.18. The number of nitrogens with zero attached hydrogens (tertiary/aromatic N) is 2. The van der Waals surface area contributed by atoms with Crippen LogP contribution in [0.5, 0.6) is 5.75 Å². The van der Waals surface area contributed by atoms with Crippen molar-refractivity contribution in [3.05, 3.63) is 74.7 Å². The average molecular weight is 370 g/mol. The predicted octanol–water partition coefficient (Wildman–Crippen LogP) is 3.84. The van der Waals surface area contributed by atoms with E-state index in [0.29, 0.717) is 21.8 Å². The van der Waals surface area contributed by atoms with Gasteiger partial charge in [-0.05, 0) is 29.5 Å². The molecule has 0 spiro atoms. The van der Waals surface area contributed by atoms with E-state index < -0.39 is 10.8 Å². The zero-order chi connectivity index (χ0) is 18.7. The van der Waals surface area contributed by atoms with Gasteiger partial charge in [0.25, 0.3) is 16.8 Å². The lowest BCUT2D eigenvalue weighted by atomic mass is 10.1. The molecule has 0 bridgehead atoms. The maximum absolute atomic E-state index is 12.6. The molecule has 0 atom stereocenters. The number of hydrogen-bond donors (Lipinski definition) is 0. The van der Waals surface area contributed by atoms with Crippen LogP contribution in [0.4, 0.5) is 10.5 Å². The largest absolute Gasteiger partial charge is 0.496 e. The first-order chi connectivity index (χ1) is 12.5. The monoisotopic (exact) mass is 370 g/mol. The minimum Gasteiger partial charge on any atom is -0.496 e. The molecular weight excluding hydrogens is 356 g/mol. The zero-order valence-corrected chi connectivity index (χ0v) is 14.6. The number of benzene rings is 2. The summed E-state index contributed by atoms with van der Waals surface area (Å²) in [6, 6.07) is 13.0. The SMILES string of the molecule is COc1ccccc1/C=C1\SC(=O)N(Cc2ccc([N+](=O)[O-])cc2)C1=O. The number of para-hydroxylation sites is 1. The molecule has 1 fully saturated rings. The van der Waals surface area contributed by atoms with Gasteiger partial charge < -0.3 is 4.74 Å². The number of non-ortho nitro benzene ring substituents is 1. The molecule has 3 rings (SSSR count). The molecule has 2 aromatic rings. The van der Waals surface area contributed by atoms with Crippen molar-refractivity contribution in [3.63, 3.8) is 0 Å². The van der Waals surface area contributed by atoms with E-state index in [1.165, 1.54) is 31.4 Å². The summed E-state index contributed by atoms with van der Waals surface area (Å²) in [5.74, 6) is 0.207. The number of carbonyl (C=O) groups is 2. The van der Waals surface area contributed by atoms with Gasteiger partial charge in [-0.15, -0.1) is 0 Å². The van der Waals surface area contributed by atoms with Crippen molar-refractivity contribution in [1.82, 2.24) is 4.90 Å². The normalized spacial score (nSPS) is 15.6. The molecule has 2 amide bonds. The number of methoxy groups -OCH3 is 1. The summed E-state index contributed by atoms with van der Waals surface area (Å²) < 4.78 is 5.25. The number of hydrogen-bond acceptors (Lipinski definition) is 6. The number of imide groups is 1. The topological polar surface area (TPSA) is 89.8 Å². The molecule has 0 radical (unpaired) electrons. The Morgan fingerprint density at radius 1 is 1.15 bits per heavy atom. The second-order valence-corrected chi connectivity index (χ2v) is 6.43. The summed E-state index contributed by atoms with van der Waals surface area (Å²) >= 11 is 0.858. The van der Waals surface area contributed by atoms with Crippen LogP contribution < -0.4 is 4.74 Å². The number of thioether (sulfide) groups is 1. The van der Waals surface area contributed by atoms with E-state index in [1.54, 1.807) is 18.2 Å². The predicted molar refractivity (Wildman–Crippen MR) is 97.6 cm³/mol. The summed E-state index contributed by atoms with van der Waals surface area (Å²) in [6.45, 7) is 0.0614. The lowest BCUT2D eigenvalue weighted by molar-refractivity contribution is -0.384. The van der Waals surface area contributed by atoms with Gasteiger partial charge in [0, 0.05) is 17.7 Å². The first kappa shape index (κ1) is 17.7. The summed E-state index contributed by atoms with van der Waals surface area (Å²) in [6.07, 6.45) is 1.62. The van der Waals surface area contributed by atoms with Gasteiger partial charge >= 0.3 is 0 Å². The van der Waals surface area contributed by atoms with Crippen LogP contribution in [0.2, 0.25) is 0 Å². The average Bonchev–Trinajstić information content (AvgIpc) is 2.90. The molecule has 1 aliphatic rings. The van der Waals surface area contributed by atoms with E-state index in [9.17, 15) is 19.7 Å². The second-order valence-electron chi connectivity index (χ2n) is 5.43. The van der Waals surface area contributed by atoms with Gasteiger partial charge in [-0.3, -0.25) is 24.6 Å². The first-order valence-electron chi connectivity index (χ1n) is 7.61. The number of rotatable bonds is 5. The molecule has 1 aliphatic heterocycles. The van der Waals surface area contributed by atoms with Crippen LogP contribution in [-0.4, -0.2) is 28.1 Å². The number of carbonyl (C=O) groups excluding carboxylic acids is 2. The number of nitro groups is 1. The number of amides is 2. The summed E-state index contributed by atoms with van der Waals surface area (Å²) in [4.78, 5) is 36.4. The van der Waals surface area contributed by atoms with Crippen molar-refractivity contribution in [1.29, 1.82) is 0 Å². The van der Waals surface area contributed by atoms with Crippen LogP contribution >= 0.6 is 11.8 Å². The fourth-order valence-corrected chi connectivity index (χ4v) is 3.30. The highest BCUT2D eigenvalue weighted by atomic mass is 32.2. The van der Waals surface area contributed by atoms with Gasteiger partial charge in [0.05, 0.1) is 23.5 Å². The third-order valence-corrected chi connectivity index (χ3v) is 4.69. The Hall–Kier alpha value is -3.13. The van der Waals surface area contributed by atoms with E-state index in [-0.39, 0.29) is 17.5 Å². The fraction of sp³-hybridized carbons (Fsp3) is 0.111. The van der Waals surface area contributed by atoms with Crippen molar-refractivity contribution in [2.24, 2.45) is 0 Å². The second kappa shape index (κ2) is 7.40. The molecule has 0 aromatic heterocycles. The zero-order valence-electron chi connectivity index (χ0n) is 13.7. The van der Waals surface area contributed by atoms with E-state index in [1.807, 2.05) is 12.1 Å². The summed E-state index contributed by atoms with van der Waals surface area (Å²) in [5.41, 5.74) is 1.30. The summed E-state index contributed by atoms with van der Waals surface area (Å²) in [5, 5.41) is 10.3. The van der Waals surface area contributed by atoms with Crippen molar-refractivity contribution >= 4 is 34.7 Å². The van der Waals surface area contributed by atoms with Gasteiger partial charge in [-0.25, -0.2) is 0 Å². The van der Waals surface area contributed by atoms with E-state index in [4.69, 9.17) is 4.74 Å². The fourth-order valence-electron chi connectivity index (χ4n) is 2.47. The molecule has 7 nitrogen and oxygen atoms in total. The van der Waals surface area contributed by atoms with Crippen molar-refractivity contribution < 1.29 is 19.2 Å². The maximum Gasteiger partial charge on any atom is 0.293 e. The van der Waals surface area contributed by atoms with Crippen LogP contribution in [0.25, 0.3) is 6.08 Å². The minimum absolute atomic E-state index is 0.0426. The molecule has 0 N–H and O–H groups in total. The summed E-state index contributed by atoms with van der Waals surface area (Å²) in [7, 11) is 1.53. The Kier molecular flexibility index (Phi) is 5.04. The standard InChI is InChI=1S/C18H14N2O5S/c1-25-15-5-3-2-4-13(15)10-16-17(21)19(18(22)26-16)11-12-6-8-14(9-7-12)20(23)24/h2-10H,11H2,1H3/b16-10-. The molecule has 1 heterocycles. The van der Waals surface area contributed by atoms with Gasteiger partial charge in [-0.2, -0.15) is 0 Å². The Labute approximate surface area is 153 Å². The lowest BCUT2D eigenvalue weighted by Gasteiger charge is -2.12. The van der Waals surface area contributed by atoms with Crippen LogP contribution in [0, 0.1) is 10.1 Å². The molecular formula is C18H14N2O5S. The smallest absolute Gasteiger partial charge is 0.293 e. The molecule has 8 heteroatoms. The molecule has 0 unspecified atom stereocenters. The van der Waals surface area contributed by atoms with Crippen molar-refractivity contribution in [2.75, 3.05) is 7.11 Å². The molecule has 0 aliphatic carbocycles. The van der Waals surface area contributed by atoms with Crippen molar-refractivity contribution in [3.8, 4) is 5.75 Å². The molecule has 1 saturated heterocycles. The van der Waals surface area contributed by atoms with E-state index in [2.05, 4.69) is 0 Å². The van der Waals surface area contributed by atoms with Crippen LogP contribution in [-0.2, 0) is 11.3 Å². The lowest BCUT2D eigenvalue weighted by Crippen LogP contribution is -2.27. The molecule has 2 aromatic carbocycles. The third kappa shape index (κ3) is 3.60. The van der Waals surface area contributed by atoms with Crippen LogP contribution in [0.15, 0.2) is 53.4 Å².